The molecule has 3 rings (SSSR count). The van der Waals surface area contributed by atoms with E-state index < -0.39 is 0 Å². The molecule has 2 aromatic carbocycles. The number of amides is 2. The molecule has 31 heavy (non-hydrogen) atoms. The first-order chi connectivity index (χ1) is 15.1. The van der Waals surface area contributed by atoms with Crippen LogP contribution < -0.4 is 15.5 Å². The van der Waals surface area contributed by atoms with Gasteiger partial charge in [-0.2, -0.15) is 0 Å². The lowest BCUT2D eigenvalue weighted by Crippen LogP contribution is -3.14. The van der Waals surface area contributed by atoms with Crippen LogP contribution in [0.5, 0.6) is 0 Å². The molecule has 7 nitrogen and oxygen atoms in total. The standard InChI is InChI=1S/C24H29N3O4/c1-2-31-24(30)19-12-14-27(15-13-19)17-22(28)26-21-11-7-6-10-20(21)23(29)25-16-18-8-4-3-5-9-18/h3-11,19H,2,12-17H2,1H3,(H,25,29)(H,26,28)/p+1. The maximum absolute atomic E-state index is 12.7. The van der Waals surface area contributed by atoms with Crippen LogP contribution in [0, 0.1) is 5.92 Å². The van der Waals surface area contributed by atoms with Gasteiger partial charge in [0.15, 0.2) is 6.54 Å². The summed E-state index contributed by atoms with van der Waals surface area (Å²) in [4.78, 5) is 38.2. The molecular weight excluding hydrogens is 394 g/mol. The van der Waals surface area contributed by atoms with Gasteiger partial charge in [0.25, 0.3) is 11.8 Å². The van der Waals surface area contributed by atoms with Crippen LogP contribution in [-0.4, -0.2) is 44.0 Å². The number of piperidine rings is 1. The van der Waals surface area contributed by atoms with E-state index in [9.17, 15) is 14.4 Å². The fourth-order valence-electron chi connectivity index (χ4n) is 3.78. The summed E-state index contributed by atoms with van der Waals surface area (Å²) in [7, 11) is 0. The first kappa shape index (κ1) is 22.5. The van der Waals surface area contributed by atoms with Gasteiger partial charge in [-0.3, -0.25) is 14.4 Å². The van der Waals surface area contributed by atoms with Crippen molar-refractivity contribution in [3.63, 3.8) is 0 Å². The van der Waals surface area contributed by atoms with Crippen LogP contribution in [0.4, 0.5) is 5.69 Å². The number of carbonyl (C=O) groups excluding carboxylic acids is 3. The van der Waals surface area contributed by atoms with Gasteiger partial charge in [-0.1, -0.05) is 42.5 Å². The second kappa shape index (κ2) is 11.3. The second-order valence-corrected chi connectivity index (χ2v) is 7.72. The van der Waals surface area contributed by atoms with Gasteiger partial charge >= 0.3 is 5.97 Å². The van der Waals surface area contributed by atoms with E-state index in [1.165, 1.54) is 0 Å². The lowest BCUT2D eigenvalue weighted by atomic mass is 9.97. The minimum absolute atomic E-state index is 0.0687. The van der Waals surface area contributed by atoms with E-state index in [4.69, 9.17) is 4.74 Å². The molecule has 7 heteroatoms. The van der Waals surface area contributed by atoms with Gasteiger partial charge in [-0.05, 0) is 24.6 Å². The Labute approximate surface area is 182 Å². The van der Waals surface area contributed by atoms with Gasteiger partial charge in [0.05, 0.1) is 36.9 Å². The van der Waals surface area contributed by atoms with Crippen molar-refractivity contribution in [3.8, 4) is 0 Å². The molecule has 0 radical (unpaired) electrons. The number of ether oxygens (including phenoxy) is 1. The molecule has 2 amide bonds. The van der Waals surface area contributed by atoms with Crippen molar-refractivity contribution in [2.45, 2.75) is 26.3 Å². The molecule has 2 aromatic rings. The van der Waals surface area contributed by atoms with E-state index in [0.29, 0.717) is 30.9 Å². The minimum Gasteiger partial charge on any atom is -0.466 e. The topological polar surface area (TPSA) is 88.9 Å². The van der Waals surface area contributed by atoms with Gasteiger partial charge in [0, 0.05) is 19.4 Å². The number of hydrogen-bond donors (Lipinski definition) is 3. The van der Waals surface area contributed by atoms with Gasteiger partial charge in [0.2, 0.25) is 0 Å². The number of hydrogen-bond acceptors (Lipinski definition) is 4. The molecule has 0 unspecified atom stereocenters. The Hall–Kier alpha value is -3.19. The molecule has 1 aliphatic heterocycles. The highest BCUT2D eigenvalue weighted by molar-refractivity contribution is 6.03. The van der Waals surface area contributed by atoms with Crippen molar-refractivity contribution in [2.24, 2.45) is 5.92 Å². The van der Waals surface area contributed by atoms with Crippen LogP contribution in [0.25, 0.3) is 0 Å². The van der Waals surface area contributed by atoms with Crippen LogP contribution in [0.1, 0.15) is 35.7 Å². The predicted octanol–water partition coefficient (Wildman–Crippen LogP) is 1.41. The van der Waals surface area contributed by atoms with Crippen LogP contribution in [0.15, 0.2) is 54.6 Å². The number of likely N-dealkylation sites (tertiary alicyclic amines) is 1. The number of rotatable bonds is 8. The Kier molecular flexibility index (Phi) is 8.18. The molecule has 0 spiro atoms. The quantitative estimate of drug-likeness (QED) is 0.559. The van der Waals surface area contributed by atoms with E-state index in [1.807, 2.05) is 37.3 Å². The third-order valence-corrected chi connectivity index (χ3v) is 5.46. The van der Waals surface area contributed by atoms with Gasteiger partial charge in [-0.15, -0.1) is 0 Å². The van der Waals surface area contributed by atoms with Crippen LogP contribution in [0.2, 0.25) is 0 Å². The molecule has 164 valence electrons. The van der Waals surface area contributed by atoms with E-state index in [0.717, 1.165) is 36.4 Å². The van der Waals surface area contributed by atoms with Crippen molar-refractivity contribution >= 4 is 23.5 Å². The van der Waals surface area contributed by atoms with Crippen molar-refractivity contribution in [3.05, 3.63) is 65.7 Å². The molecule has 0 aromatic heterocycles. The molecule has 0 atom stereocenters. The first-order valence-corrected chi connectivity index (χ1v) is 10.8. The first-order valence-electron chi connectivity index (χ1n) is 10.8. The highest BCUT2D eigenvalue weighted by Gasteiger charge is 2.29. The number of esters is 1. The zero-order valence-corrected chi connectivity index (χ0v) is 17.9. The summed E-state index contributed by atoms with van der Waals surface area (Å²) in [6, 6.07) is 16.7. The van der Waals surface area contributed by atoms with E-state index in [-0.39, 0.29) is 23.7 Å². The maximum Gasteiger partial charge on any atom is 0.309 e. The molecule has 0 bridgehead atoms. The number of quaternary nitrogens is 1. The number of benzene rings is 2. The monoisotopic (exact) mass is 424 g/mol. The smallest absolute Gasteiger partial charge is 0.309 e. The Morgan fingerprint density at radius 1 is 1.00 bits per heavy atom. The normalized spacial score (nSPS) is 18.1. The summed E-state index contributed by atoms with van der Waals surface area (Å²) in [6.45, 7) is 4.41. The minimum atomic E-state index is -0.234. The average Bonchev–Trinajstić information content (AvgIpc) is 2.79. The second-order valence-electron chi connectivity index (χ2n) is 7.72. The molecule has 3 N–H and O–H groups in total. The van der Waals surface area contributed by atoms with Gasteiger partial charge in [0.1, 0.15) is 0 Å². The van der Waals surface area contributed by atoms with E-state index in [1.54, 1.807) is 24.3 Å². The maximum atomic E-state index is 12.7. The summed E-state index contributed by atoms with van der Waals surface area (Å²) in [5.41, 5.74) is 1.94. The Morgan fingerprint density at radius 3 is 2.39 bits per heavy atom. The van der Waals surface area contributed by atoms with Crippen LogP contribution >= 0.6 is 0 Å². The van der Waals surface area contributed by atoms with Gasteiger partial charge < -0.3 is 20.3 Å². The highest BCUT2D eigenvalue weighted by atomic mass is 16.5. The Morgan fingerprint density at radius 2 is 1.68 bits per heavy atom. The van der Waals surface area contributed by atoms with E-state index in [2.05, 4.69) is 10.6 Å². The van der Waals surface area contributed by atoms with Crippen molar-refractivity contribution in [1.82, 2.24) is 5.32 Å². The molecule has 1 fully saturated rings. The Bertz CT molecular complexity index is 893. The van der Waals surface area contributed by atoms with Crippen LogP contribution in [0.3, 0.4) is 0 Å². The fourth-order valence-corrected chi connectivity index (χ4v) is 3.78. The molecule has 1 aliphatic rings. The summed E-state index contributed by atoms with van der Waals surface area (Å²) < 4.78 is 5.09. The molecule has 1 heterocycles. The van der Waals surface area contributed by atoms with Crippen molar-refractivity contribution < 1.29 is 24.0 Å². The predicted molar refractivity (Wildman–Crippen MR) is 118 cm³/mol. The molecule has 0 aliphatic carbocycles. The van der Waals surface area contributed by atoms with Gasteiger partial charge in [-0.25, -0.2) is 0 Å². The van der Waals surface area contributed by atoms with E-state index >= 15 is 0 Å². The molecular formula is C24H30N3O4+. The highest BCUT2D eigenvalue weighted by Crippen LogP contribution is 2.15. The molecule has 0 saturated carbocycles. The number of carbonyl (C=O) groups is 3. The summed E-state index contributed by atoms with van der Waals surface area (Å²) in [6.07, 6.45) is 1.44. The third kappa shape index (κ3) is 6.65. The van der Waals surface area contributed by atoms with Crippen molar-refractivity contribution in [1.29, 1.82) is 0 Å². The summed E-state index contributed by atoms with van der Waals surface area (Å²) >= 11 is 0. The summed E-state index contributed by atoms with van der Waals surface area (Å²) in [5.74, 6) is -0.586. The number of para-hydroxylation sites is 1. The fraction of sp³-hybridized carbons (Fsp3) is 0.375. The summed E-state index contributed by atoms with van der Waals surface area (Å²) in [5, 5.41) is 5.78. The zero-order chi connectivity index (χ0) is 22.1. The number of anilines is 1. The third-order valence-electron chi connectivity index (χ3n) is 5.46. The van der Waals surface area contributed by atoms with Crippen LogP contribution in [-0.2, 0) is 20.9 Å². The zero-order valence-electron chi connectivity index (χ0n) is 17.9. The largest absolute Gasteiger partial charge is 0.466 e. The SMILES string of the molecule is CCOC(=O)C1CC[NH+](CC(=O)Nc2ccccc2C(=O)NCc2ccccc2)CC1. The van der Waals surface area contributed by atoms with Crippen molar-refractivity contribution in [2.75, 3.05) is 31.6 Å². The lowest BCUT2D eigenvalue weighted by Gasteiger charge is -2.27. The average molecular weight is 425 g/mol. The Balaban J connectivity index is 1.51. The number of nitrogens with one attached hydrogen (secondary N) is 3. The lowest BCUT2D eigenvalue weighted by molar-refractivity contribution is -0.897. The molecule has 1 saturated heterocycles.